The second-order valence-electron chi connectivity index (χ2n) is 14.4. The summed E-state index contributed by atoms with van der Waals surface area (Å²) in [6, 6.07) is 63.1. The van der Waals surface area contributed by atoms with Crippen molar-refractivity contribution < 1.29 is 0 Å². The molecule has 0 atom stereocenters. The Balaban J connectivity index is 1.26. The van der Waals surface area contributed by atoms with Gasteiger partial charge in [-0.05, 0) is 92.3 Å². The van der Waals surface area contributed by atoms with Gasteiger partial charge in [0, 0.05) is 21.5 Å². The van der Waals surface area contributed by atoms with Crippen LogP contribution in [0, 0.1) is 0 Å². The van der Waals surface area contributed by atoms with Gasteiger partial charge in [-0.3, -0.25) is 0 Å². The lowest BCUT2D eigenvalue weighted by Crippen LogP contribution is -1.91. The van der Waals surface area contributed by atoms with Crippen LogP contribution in [-0.2, 0) is 0 Å². The SMILES string of the molecule is c1ccc2c(-c3ccc4c(c3)c3c5sc6ccccc6n6c7ccc(-c8cccc9ccccc89)cc7c(c7sc8ccccc8n4c73)c56)cccc2c1. The molecule has 0 bridgehead atoms. The van der Waals surface area contributed by atoms with Gasteiger partial charge in [-0.2, -0.15) is 0 Å². The lowest BCUT2D eigenvalue weighted by Gasteiger charge is -2.11. The number of hydrogen-bond donors (Lipinski definition) is 0. The molecule has 0 unspecified atom stereocenters. The van der Waals surface area contributed by atoms with E-state index in [9.17, 15) is 0 Å². The van der Waals surface area contributed by atoms with Crippen molar-refractivity contribution in [2.24, 2.45) is 0 Å². The van der Waals surface area contributed by atoms with E-state index in [-0.39, 0.29) is 0 Å². The fourth-order valence-corrected chi connectivity index (χ4v) is 11.8. The summed E-state index contributed by atoms with van der Waals surface area (Å²) in [6.07, 6.45) is 0. The number of hydrogen-bond acceptors (Lipinski definition) is 2. The van der Waals surface area contributed by atoms with Gasteiger partial charge in [-0.25, -0.2) is 0 Å². The van der Waals surface area contributed by atoms with Crippen molar-refractivity contribution in [1.82, 2.24) is 8.80 Å². The van der Waals surface area contributed by atoms with Crippen molar-refractivity contribution in [3.05, 3.63) is 170 Å². The lowest BCUT2D eigenvalue weighted by atomic mass is 9.96. The molecule has 13 rings (SSSR count). The van der Waals surface area contributed by atoms with Gasteiger partial charge in [-0.15, -0.1) is 22.7 Å². The molecule has 0 saturated carbocycles. The quantitative estimate of drug-likeness (QED) is 0.157. The molecule has 9 aromatic carbocycles. The van der Waals surface area contributed by atoms with Crippen LogP contribution in [0.2, 0.25) is 0 Å². The molecule has 4 heteroatoms. The van der Waals surface area contributed by atoms with Crippen molar-refractivity contribution in [3.63, 3.8) is 0 Å². The number of fused-ring (bicyclic) bond motifs is 14. The van der Waals surface area contributed by atoms with Gasteiger partial charge in [0.2, 0.25) is 0 Å². The highest BCUT2D eigenvalue weighted by Crippen LogP contribution is 2.51. The summed E-state index contributed by atoms with van der Waals surface area (Å²) in [5, 5.41) is 10.4. The van der Waals surface area contributed by atoms with Crippen molar-refractivity contribution in [2.45, 2.75) is 0 Å². The molecule has 0 saturated heterocycles. The van der Waals surface area contributed by atoms with Crippen LogP contribution in [-0.4, -0.2) is 8.80 Å². The van der Waals surface area contributed by atoms with Crippen LogP contribution < -0.4 is 0 Å². The highest BCUT2D eigenvalue weighted by atomic mass is 32.1. The van der Waals surface area contributed by atoms with Gasteiger partial charge < -0.3 is 8.80 Å². The number of aromatic nitrogens is 2. The Morgan fingerprint density at radius 3 is 1.26 bits per heavy atom. The largest absolute Gasteiger partial charge is 0.306 e. The molecule has 4 heterocycles. The third kappa shape index (κ3) is 3.73. The summed E-state index contributed by atoms with van der Waals surface area (Å²) in [6.45, 7) is 0. The van der Waals surface area contributed by atoms with Crippen LogP contribution in [0.4, 0.5) is 0 Å². The fraction of sp³-hybridized carbons (Fsp3) is 0. The normalized spacial score (nSPS) is 12.4. The van der Waals surface area contributed by atoms with Crippen LogP contribution in [0.15, 0.2) is 170 Å². The van der Waals surface area contributed by atoms with Crippen molar-refractivity contribution in [3.8, 4) is 22.3 Å². The average Bonchev–Trinajstić information content (AvgIpc) is 3.76. The molecular formula is C50H28N2S2. The van der Waals surface area contributed by atoms with E-state index in [1.807, 2.05) is 22.7 Å². The number of para-hydroxylation sites is 2. The van der Waals surface area contributed by atoms with E-state index in [0.29, 0.717) is 0 Å². The first-order valence-corrected chi connectivity index (χ1v) is 20.1. The molecule has 0 aliphatic rings. The van der Waals surface area contributed by atoms with Crippen LogP contribution in [0.3, 0.4) is 0 Å². The molecule has 13 aromatic rings. The predicted octanol–water partition coefficient (Wildman–Crippen LogP) is 14.9. The van der Waals surface area contributed by atoms with E-state index in [0.717, 1.165) is 0 Å². The third-order valence-corrected chi connectivity index (χ3v) is 14.0. The summed E-state index contributed by atoms with van der Waals surface area (Å²) < 4.78 is 10.4. The van der Waals surface area contributed by atoms with Gasteiger partial charge >= 0.3 is 0 Å². The molecule has 0 amide bonds. The number of nitrogens with zero attached hydrogens (tertiary/aromatic N) is 2. The van der Waals surface area contributed by atoms with E-state index in [4.69, 9.17) is 0 Å². The number of benzene rings is 9. The predicted molar refractivity (Wildman–Crippen MR) is 235 cm³/mol. The summed E-state index contributed by atoms with van der Waals surface area (Å²) in [4.78, 5) is 0. The van der Waals surface area contributed by atoms with Gasteiger partial charge in [0.05, 0.1) is 51.9 Å². The zero-order chi connectivity index (χ0) is 35.1. The zero-order valence-electron chi connectivity index (χ0n) is 28.9. The topological polar surface area (TPSA) is 8.82 Å². The Kier molecular flexibility index (Phi) is 5.69. The summed E-state index contributed by atoms with van der Waals surface area (Å²) in [5.41, 5.74) is 12.6. The summed E-state index contributed by atoms with van der Waals surface area (Å²) >= 11 is 3.87. The van der Waals surface area contributed by atoms with Crippen molar-refractivity contribution >= 4 is 118 Å². The zero-order valence-corrected chi connectivity index (χ0v) is 30.5. The van der Waals surface area contributed by atoms with E-state index < -0.39 is 0 Å². The second-order valence-corrected chi connectivity index (χ2v) is 16.5. The van der Waals surface area contributed by atoms with Crippen molar-refractivity contribution in [1.29, 1.82) is 0 Å². The highest BCUT2D eigenvalue weighted by Gasteiger charge is 2.26. The Bertz CT molecular complexity index is 3480. The Hall–Kier alpha value is -6.46. The van der Waals surface area contributed by atoms with E-state index >= 15 is 0 Å². The molecule has 0 aliphatic heterocycles. The first-order valence-electron chi connectivity index (χ1n) is 18.4. The first kappa shape index (κ1) is 29.0. The fourth-order valence-electron chi connectivity index (χ4n) is 9.37. The molecule has 0 radical (unpaired) electrons. The maximum absolute atomic E-state index is 2.56. The summed E-state index contributed by atoms with van der Waals surface area (Å²) in [7, 11) is 0. The van der Waals surface area contributed by atoms with Crippen LogP contribution in [0.25, 0.3) is 117 Å². The minimum Gasteiger partial charge on any atom is -0.306 e. The van der Waals surface area contributed by atoms with Gasteiger partial charge in [0.15, 0.2) is 0 Å². The summed E-state index contributed by atoms with van der Waals surface area (Å²) in [5.74, 6) is 0. The minimum atomic E-state index is 1.24. The smallest absolute Gasteiger partial charge is 0.0736 e. The maximum Gasteiger partial charge on any atom is 0.0736 e. The number of rotatable bonds is 2. The van der Waals surface area contributed by atoms with Crippen LogP contribution in [0.5, 0.6) is 0 Å². The highest BCUT2D eigenvalue weighted by molar-refractivity contribution is 7.27. The van der Waals surface area contributed by atoms with Crippen LogP contribution >= 0.6 is 22.7 Å². The lowest BCUT2D eigenvalue weighted by molar-refractivity contribution is 1.35. The second kappa shape index (κ2) is 10.6. The molecule has 4 aromatic heterocycles. The molecule has 54 heavy (non-hydrogen) atoms. The Morgan fingerprint density at radius 1 is 0.333 bits per heavy atom. The molecule has 0 aliphatic carbocycles. The van der Waals surface area contributed by atoms with E-state index in [2.05, 4.69) is 179 Å². The van der Waals surface area contributed by atoms with Gasteiger partial charge in [0.25, 0.3) is 0 Å². The first-order chi connectivity index (χ1) is 26.8. The average molecular weight is 721 g/mol. The van der Waals surface area contributed by atoms with Crippen LogP contribution in [0.1, 0.15) is 0 Å². The Morgan fingerprint density at radius 2 is 0.759 bits per heavy atom. The third-order valence-electron chi connectivity index (χ3n) is 11.7. The minimum absolute atomic E-state index is 1.24. The maximum atomic E-state index is 2.56. The molecule has 250 valence electrons. The van der Waals surface area contributed by atoms with Gasteiger partial charge in [-0.1, -0.05) is 121 Å². The molecule has 0 fully saturated rings. The van der Waals surface area contributed by atoms with E-state index in [1.165, 1.54) is 117 Å². The van der Waals surface area contributed by atoms with Gasteiger partial charge in [0.1, 0.15) is 0 Å². The monoisotopic (exact) mass is 720 g/mol. The standard InChI is InChI=1S/C50H28N2S2/c1-3-15-33-29(11-1)13-9-17-35(33)31-23-25-39-37(27-31)45-47-50(54-43-21-7-5-19-41(43)51(39)47)46-38-28-32(36-18-10-14-30-12-2-4-16-34(30)36)24-26-40(38)52-42-20-6-8-22-44(42)53-49(45)48(46)52/h1-28H. The molecule has 2 nitrogen and oxygen atoms in total. The molecular weight excluding hydrogens is 693 g/mol. The molecule has 0 spiro atoms. The van der Waals surface area contributed by atoms with Crippen molar-refractivity contribution in [2.75, 3.05) is 0 Å². The Labute approximate surface area is 317 Å². The molecule has 0 N–H and O–H groups in total. The van der Waals surface area contributed by atoms with E-state index in [1.54, 1.807) is 0 Å².